The standard InChI is InChI=1S/C17H18N6O/c24-17(13-23-14-19-20-21-23)22(12-16-6-9-18-10-7-16)11-8-15-4-2-1-3-5-15/h1-7,9-10,14H,8,11-13H2. The fourth-order valence-electron chi connectivity index (χ4n) is 2.40. The quantitative estimate of drug-likeness (QED) is 0.656. The van der Waals surface area contributed by atoms with Gasteiger partial charge in [-0.3, -0.25) is 9.78 Å². The molecule has 0 aliphatic heterocycles. The van der Waals surface area contributed by atoms with Gasteiger partial charge in [0.1, 0.15) is 12.9 Å². The van der Waals surface area contributed by atoms with E-state index in [-0.39, 0.29) is 12.5 Å². The molecule has 0 saturated carbocycles. The van der Waals surface area contributed by atoms with Crippen LogP contribution in [0.1, 0.15) is 11.1 Å². The summed E-state index contributed by atoms with van der Waals surface area (Å²) in [7, 11) is 0. The minimum absolute atomic E-state index is 0.0185. The molecule has 0 saturated heterocycles. The Bertz CT molecular complexity index is 745. The fourth-order valence-corrected chi connectivity index (χ4v) is 2.40. The van der Waals surface area contributed by atoms with Crippen molar-refractivity contribution in [1.29, 1.82) is 0 Å². The molecular formula is C17H18N6O. The number of benzene rings is 1. The molecule has 2 aromatic heterocycles. The minimum atomic E-state index is -0.0185. The van der Waals surface area contributed by atoms with Crippen LogP contribution in [0.4, 0.5) is 0 Å². The lowest BCUT2D eigenvalue weighted by atomic mass is 10.1. The van der Waals surface area contributed by atoms with E-state index in [1.807, 2.05) is 35.2 Å². The maximum Gasteiger partial charge on any atom is 0.244 e. The number of carbonyl (C=O) groups excluding carboxylic acids is 1. The molecule has 7 nitrogen and oxygen atoms in total. The molecule has 24 heavy (non-hydrogen) atoms. The minimum Gasteiger partial charge on any atom is -0.336 e. The van der Waals surface area contributed by atoms with Crippen molar-refractivity contribution < 1.29 is 4.79 Å². The van der Waals surface area contributed by atoms with E-state index in [9.17, 15) is 4.79 Å². The largest absolute Gasteiger partial charge is 0.336 e. The number of hydrogen-bond acceptors (Lipinski definition) is 5. The third kappa shape index (κ3) is 4.45. The van der Waals surface area contributed by atoms with Crippen LogP contribution in [0, 0.1) is 0 Å². The number of amides is 1. The first-order chi connectivity index (χ1) is 11.8. The summed E-state index contributed by atoms with van der Waals surface area (Å²) in [6.07, 6.45) is 5.71. The van der Waals surface area contributed by atoms with Gasteiger partial charge in [-0.15, -0.1) is 5.10 Å². The molecule has 0 atom stereocenters. The molecule has 122 valence electrons. The Kier molecular flexibility index (Phi) is 5.24. The molecular weight excluding hydrogens is 304 g/mol. The van der Waals surface area contributed by atoms with Crippen molar-refractivity contribution in [3.8, 4) is 0 Å². The van der Waals surface area contributed by atoms with E-state index >= 15 is 0 Å². The van der Waals surface area contributed by atoms with Crippen LogP contribution in [0.15, 0.2) is 61.2 Å². The highest BCUT2D eigenvalue weighted by Gasteiger charge is 2.15. The average molecular weight is 322 g/mol. The Hall–Kier alpha value is -3.09. The second kappa shape index (κ2) is 7.96. The van der Waals surface area contributed by atoms with Gasteiger partial charge in [0.15, 0.2) is 0 Å². The molecule has 0 unspecified atom stereocenters. The highest BCUT2D eigenvalue weighted by atomic mass is 16.2. The monoisotopic (exact) mass is 322 g/mol. The summed E-state index contributed by atoms with van der Waals surface area (Å²) in [4.78, 5) is 18.5. The van der Waals surface area contributed by atoms with Crippen molar-refractivity contribution in [2.45, 2.75) is 19.5 Å². The van der Waals surface area contributed by atoms with E-state index in [1.165, 1.54) is 16.6 Å². The van der Waals surface area contributed by atoms with Crippen molar-refractivity contribution in [2.24, 2.45) is 0 Å². The van der Waals surface area contributed by atoms with Crippen molar-refractivity contribution in [2.75, 3.05) is 6.54 Å². The Labute approximate surface area is 139 Å². The zero-order valence-electron chi connectivity index (χ0n) is 13.2. The SMILES string of the molecule is O=C(Cn1cnnn1)N(CCc1ccccc1)Cc1ccncc1. The molecule has 1 aromatic carbocycles. The molecule has 0 fully saturated rings. The predicted octanol–water partition coefficient (Wildman–Crippen LogP) is 1.34. The van der Waals surface area contributed by atoms with E-state index < -0.39 is 0 Å². The van der Waals surface area contributed by atoms with E-state index in [0.29, 0.717) is 13.1 Å². The highest BCUT2D eigenvalue weighted by molar-refractivity contribution is 5.75. The first-order valence-electron chi connectivity index (χ1n) is 7.72. The number of hydrogen-bond donors (Lipinski definition) is 0. The van der Waals surface area contributed by atoms with Crippen molar-refractivity contribution in [1.82, 2.24) is 30.1 Å². The van der Waals surface area contributed by atoms with Crippen molar-refractivity contribution in [3.05, 3.63) is 72.3 Å². The summed E-state index contributed by atoms with van der Waals surface area (Å²) in [5.41, 5.74) is 2.25. The molecule has 3 rings (SSSR count). The van der Waals surface area contributed by atoms with E-state index in [1.54, 1.807) is 12.4 Å². The van der Waals surface area contributed by atoms with Crippen LogP contribution >= 0.6 is 0 Å². The van der Waals surface area contributed by atoms with Gasteiger partial charge in [0, 0.05) is 25.5 Å². The lowest BCUT2D eigenvalue weighted by Crippen LogP contribution is -2.35. The summed E-state index contributed by atoms with van der Waals surface area (Å²) >= 11 is 0. The predicted molar refractivity (Wildman–Crippen MR) is 87.6 cm³/mol. The van der Waals surface area contributed by atoms with E-state index in [2.05, 4.69) is 32.6 Å². The zero-order chi connectivity index (χ0) is 16.6. The lowest BCUT2D eigenvalue weighted by Gasteiger charge is -2.23. The Morgan fingerprint density at radius 2 is 1.83 bits per heavy atom. The Morgan fingerprint density at radius 1 is 1.04 bits per heavy atom. The van der Waals surface area contributed by atoms with Crippen LogP contribution in [-0.4, -0.2) is 42.5 Å². The first-order valence-corrected chi connectivity index (χ1v) is 7.72. The van der Waals surface area contributed by atoms with Crippen LogP contribution < -0.4 is 0 Å². The normalized spacial score (nSPS) is 10.5. The van der Waals surface area contributed by atoms with Crippen molar-refractivity contribution in [3.63, 3.8) is 0 Å². The van der Waals surface area contributed by atoms with Gasteiger partial charge in [0.2, 0.25) is 5.91 Å². The van der Waals surface area contributed by atoms with Crippen LogP contribution in [0.5, 0.6) is 0 Å². The highest BCUT2D eigenvalue weighted by Crippen LogP contribution is 2.08. The van der Waals surface area contributed by atoms with Gasteiger partial charge < -0.3 is 4.90 Å². The third-order valence-electron chi connectivity index (χ3n) is 3.68. The summed E-state index contributed by atoms with van der Waals surface area (Å²) in [6, 6.07) is 14.0. The molecule has 0 N–H and O–H groups in total. The topological polar surface area (TPSA) is 76.8 Å². The second-order valence-electron chi connectivity index (χ2n) is 5.41. The molecule has 0 radical (unpaired) electrons. The summed E-state index contributed by atoms with van der Waals surface area (Å²) in [5, 5.41) is 10.9. The number of aromatic nitrogens is 5. The smallest absolute Gasteiger partial charge is 0.244 e. The number of tetrazole rings is 1. The van der Waals surface area contributed by atoms with E-state index in [4.69, 9.17) is 0 Å². The summed E-state index contributed by atoms with van der Waals surface area (Å²) in [5.74, 6) is -0.0185. The number of nitrogens with zero attached hydrogens (tertiary/aromatic N) is 6. The Balaban J connectivity index is 1.68. The molecule has 7 heteroatoms. The van der Waals surface area contributed by atoms with Crippen LogP contribution in [-0.2, 0) is 24.3 Å². The van der Waals surface area contributed by atoms with Gasteiger partial charge in [-0.25, -0.2) is 4.68 Å². The van der Waals surface area contributed by atoms with Gasteiger partial charge in [0.25, 0.3) is 0 Å². The second-order valence-corrected chi connectivity index (χ2v) is 5.41. The molecule has 3 aromatic rings. The van der Waals surface area contributed by atoms with Crippen LogP contribution in [0.3, 0.4) is 0 Å². The summed E-state index contributed by atoms with van der Waals surface area (Å²) in [6.45, 7) is 1.30. The van der Waals surface area contributed by atoms with Crippen LogP contribution in [0.25, 0.3) is 0 Å². The Morgan fingerprint density at radius 3 is 2.54 bits per heavy atom. The average Bonchev–Trinajstić information content (AvgIpc) is 3.13. The van der Waals surface area contributed by atoms with Gasteiger partial charge in [0.05, 0.1) is 0 Å². The third-order valence-corrected chi connectivity index (χ3v) is 3.68. The maximum atomic E-state index is 12.6. The van der Waals surface area contributed by atoms with Gasteiger partial charge >= 0.3 is 0 Å². The van der Waals surface area contributed by atoms with Gasteiger partial charge in [-0.05, 0) is 40.1 Å². The fraction of sp³-hybridized carbons (Fsp3) is 0.235. The molecule has 2 heterocycles. The van der Waals surface area contributed by atoms with Crippen molar-refractivity contribution >= 4 is 5.91 Å². The lowest BCUT2D eigenvalue weighted by molar-refractivity contribution is -0.132. The number of pyridine rings is 1. The molecule has 0 bridgehead atoms. The van der Waals surface area contributed by atoms with Gasteiger partial charge in [-0.2, -0.15) is 0 Å². The number of rotatable bonds is 7. The first kappa shape index (κ1) is 15.8. The zero-order valence-corrected chi connectivity index (χ0v) is 13.2. The molecule has 1 amide bonds. The molecule has 0 aliphatic rings. The van der Waals surface area contributed by atoms with Gasteiger partial charge in [-0.1, -0.05) is 30.3 Å². The number of carbonyl (C=O) groups is 1. The summed E-state index contributed by atoms with van der Waals surface area (Å²) < 4.78 is 1.43. The van der Waals surface area contributed by atoms with Crippen LogP contribution in [0.2, 0.25) is 0 Å². The van der Waals surface area contributed by atoms with E-state index in [0.717, 1.165) is 12.0 Å². The molecule has 0 spiro atoms. The maximum absolute atomic E-state index is 12.6. The molecule has 0 aliphatic carbocycles.